The van der Waals surface area contributed by atoms with Crippen molar-refractivity contribution in [3.8, 4) is 5.69 Å². The van der Waals surface area contributed by atoms with E-state index in [1.165, 1.54) is 0 Å². The molecule has 8 nitrogen and oxygen atoms in total. The zero-order valence-electron chi connectivity index (χ0n) is 19.8. The van der Waals surface area contributed by atoms with Gasteiger partial charge < -0.3 is 9.80 Å². The number of nitrogens with zero attached hydrogens (tertiary/aromatic N) is 6. The third kappa shape index (κ3) is 4.66. The number of halogens is 1. The van der Waals surface area contributed by atoms with Crippen LogP contribution in [0.5, 0.6) is 0 Å². The molecular formula is C26H27ClN6O2. The molecule has 3 heterocycles. The molecule has 5 rings (SSSR count). The third-order valence-corrected chi connectivity index (χ3v) is 6.75. The molecule has 1 fully saturated rings. The fraction of sp³-hybridized carbons (Fsp3) is 0.308. The summed E-state index contributed by atoms with van der Waals surface area (Å²) in [5.74, 6) is 0.604. The Kier molecular flexibility index (Phi) is 6.30. The zero-order chi connectivity index (χ0) is 24.5. The Labute approximate surface area is 208 Å². The van der Waals surface area contributed by atoms with Gasteiger partial charge >= 0.3 is 0 Å². The van der Waals surface area contributed by atoms with Crippen molar-refractivity contribution in [2.75, 3.05) is 31.1 Å². The number of carbonyl (C=O) groups is 1. The summed E-state index contributed by atoms with van der Waals surface area (Å²) < 4.78 is 3.25. The van der Waals surface area contributed by atoms with Crippen LogP contribution in [0.25, 0.3) is 16.7 Å². The van der Waals surface area contributed by atoms with Gasteiger partial charge in [-0.05, 0) is 44.2 Å². The number of fused-ring (bicyclic) bond motifs is 1. The molecule has 2 aromatic carbocycles. The monoisotopic (exact) mass is 490 g/mol. The molecule has 1 saturated heterocycles. The minimum atomic E-state index is -0.176. The van der Waals surface area contributed by atoms with E-state index >= 15 is 0 Å². The van der Waals surface area contributed by atoms with Crippen LogP contribution in [0.3, 0.4) is 0 Å². The van der Waals surface area contributed by atoms with Gasteiger partial charge in [0.15, 0.2) is 5.65 Å². The molecule has 4 aromatic rings. The number of carbonyl (C=O) groups excluding carboxylic acids is 1. The molecule has 0 unspecified atom stereocenters. The third-order valence-electron chi connectivity index (χ3n) is 6.51. The first-order valence-corrected chi connectivity index (χ1v) is 12.1. The second-order valence-electron chi connectivity index (χ2n) is 8.84. The van der Waals surface area contributed by atoms with Crippen molar-refractivity contribution in [2.45, 2.75) is 26.8 Å². The summed E-state index contributed by atoms with van der Waals surface area (Å²) >= 11 is 6.11. The van der Waals surface area contributed by atoms with E-state index in [-0.39, 0.29) is 24.4 Å². The van der Waals surface area contributed by atoms with Crippen molar-refractivity contribution in [3.63, 3.8) is 0 Å². The number of benzene rings is 2. The molecule has 1 aliphatic rings. The van der Waals surface area contributed by atoms with Gasteiger partial charge in [-0.15, -0.1) is 0 Å². The van der Waals surface area contributed by atoms with Crippen LogP contribution in [0, 0.1) is 13.8 Å². The summed E-state index contributed by atoms with van der Waals surface area (Å²) in [5.41, 5.74) is 3.41. The highest BCUT2D eigenvalue weighted by molar-refractivity contribution is 6.30. The fourth-order valence-electron chi connectivity index (χ4n) is 4.50. The summed E-state index contributed by atoms with van der Waals surface area (Å²) in [6, 6.07) is 15.7. The van der Waals surface area contributed by atoms with Crippen LogP contribution in [0.2, 0.25) is 5.02 Å². The van der Waals surface area contributed by atoms with Crippen molar-refractivity contribution in [3.05, 3.63) is 81.5 Å². The first-order valence-electron chi connectivity index (χ1n) is 11.7. The standard InChI is InChI=1S/C26H27ClN6O2/c1-18-6-8-21(9-7-18)33-25-23(17-28-33)26(35)32(19(2)29-25)11-10-24(34)31-14-12-30(13-15-31)22-5-3-4-20(27)16-22/h3-9,16-17H,10-15H2,1-2H3. The average molecular weight is 491 g/mol. The number of amides is 1. The number of hydrogen-bond donors (Lipinski definition) is 0. The van der Waals surface area contributed by atoms with E-state index in [0.717, 1.165) is 30.0 Å². The van der Waals surface area contributed by atoms with E-state index in [0.29, 0.717) is 35.0 Å². The predicted octanol–water partition coefficient (Wildman–Crippen LogP) is 3.59. The Morgan fingerprint density at radius 1 is 1.00 bits per heavy atom. The minimum Gasteiger partial charge on any atom is -0.368 e. The first-order chi connectivity index (χ1) is 16.9. The van der Waals surface area contributed by atoms with Crippen molar-refractivity contribution < 1.29 is 4.79 Å². The number of aromatic nitrogens is 4. The van der Waals surface area contributed by atoms with Gasteiger partial charge in [0.05, 0.1) is 11.9 Å². The second-order valence-corrected chi connectivity index (χ2v) is 9.28. The Hall–Kier alpha value is -3.65. The lowest BCUT2D eigenvalue weighted by atomic mass is 10.2. The molecular weight excluding hydrogens is 464 g/mol. The quantitative estimate of drug-likeness (QED) is 0.427. The lowest BCUT2D eigenvalue weighted by Gasteiger charge is -2.36. The number of rotatable bonds is 5. The van der Waals surface area contributed by atoms with Gasteiger partial charge in [-0.25, -0.2) is 9.67 Å². The van der Waals surface area contributed by atoms with Crippen molar-refractivity contribution in [2.24, 2.45) is 0 Å². The molecule has 0 aliphatic carbocycles. The first kappa shape index (κ1) is 23.1. The van der Waals surface area contributed by atoms with Crippen molar-refractivity contribution in [1.29, 1.82) is 0 Å². The minimum absolute atomic E-state index is 0.0393. The maximum Gasteiger partial charge on any atom is 0.264 e. The van der Waals surface area contributed by atoms with E-state index in [4.69, 9.17) is 11.6 Å². The van der Waals surface area contributed by atoms with Gasteiger partial charge in [-0.2, -0.15) is 5.10 Å². The molecule has 0 bridgehead atoms. The van der Waals surface area contributed by atoms with Crippen LogP contribution in [-0.4, -0.2) is 56.3 Å². The van der Waals surface area contributed by atoms with E-state index in [1.54, 1.807) is 22.4 Å². The van der Waals surface area contributed by atoms with E-state index in [2.05, 4.69) is 15.0 Å². The summed E-state index contributed by atoms with van der Waals surface area (Å²) in [4.78, 5) is 34.8. The zero-order valence-corrected chi connectivity index (χ0v) is 20.6. The largest absolute Gasteiger partial charge is 0.368 e. The van der Waals surface area contributed by atoms with E-state index in [1.807, 2.05) is 60.4 Å². The van der Waals surface area contributed by atoms with Crippen LogP contribution in [0.15, 0.2) is 59.5 Å². The number of anilines is 1. The average Bonchev–Trinajstić information content (AvgIpc) is 3.28. The highest BCUT2D eigenvalue weighted by Gasteiger charge is 2.22. The smallest absolute Gasteiger partial charge is 0.264 e. The lowest BCUT2D eigenvalue weighted by molar-refractivity contribution is -0.131. The molecule has 0 atom stereocenters. The van der Waals surface area contributed by atoms with Crippen LogP contribution in [-0.2, 0) is 11.3 Å². The molecule has 0 N–H and O–H groups in total. The summed E-state index contributed by atoms with van der Waals surface area (Å²) in [6.45, 7) is 6.87. The highest BCUT2D eigenvalue weighted by Crippen LogP contribution is 2.21. The summed E-state index contributed by atoms with van der Waals surface area (Å²) in [7, 11) is 0. The predicted molar refractivity (Wildman–Crippen MR) is 137 cm³/mol. The number of hydrogen-bond acceptors (Lipinski definition) is 5. The van der Waals surface area contributed by atoms with Crippen LogP contribution in [0.1, 0.15) is 17.8 Å². The summed E-state index contributed by atoms with van der Waals surface area (Å²) in [6.07, 6.45) is 1.80. The van der Waals surface area contributed by atoms with Gasteiger partial charge in [-0.1, -0.05) is 35.4 Å². The molecule has 2 aromatic heterocycles. The number of piperazine rings is 1. The van der Waals surface area contributed by atoms with Crippen LogP contribution in [0.4, 0.5) is 5.69 Å². The van der Waals surface area contributed by atoms with Crippen LogP contribution < -0.4 is 10.5 Å². The maximum atomic E-state index is 13.2. The molecule has 35 heavy (non-hydrogen) atoms. The molecule has 1 amide bonds. The van der Waals surface area contributed by atoms with Crippen LogP contribution >= 0.6 is 11.6 Å². The molecule has 0 radical (unpaired) electrons. The number of aryl methyl sites for hydroxylation is 2. The van der Waals surface area contributed by atoms with E-state index < -0.39 is 0 Å². The van der Waals surface area contributed by atoms with Gasteiger partial charge in [0.1, 0.15) is 11.2 Å². The normalized spacial score (nSPS) is 14.0. The topological polar surface area (TPSA) is 76.3 Å². The van der Waals surface area contributed by atoms with Gasteiger partial charge in [-0.3, -0.25) is 14.2 Å². The Bertz CT molecular complexity index is 1430. The molecule has 180 valence electrons. The Balaban J connectivity index is 1.27. The molecule has 9 heteroatoms. The Morgan fingerprint density at radius 3 is 2.46 bits per heavy atom. The van der Waals surface area contributed by atoms with E-state index in [9.17, 15) is 9.59 Å². The Morgan fingerprint density at radius 2 is 1.74 bits per heavy atom. The maximum absolute atomic E-state index is 13.2. The van der Waals surface area contributed by atoms with Crippen molar-refractivity contribution in [1.82, 2.24) is 24.2 Å². The van der Waals surface area contributed by atoms with Gasteiger partial charge in [0.2, 0.25) is 5.91 Å². The second kappa shape index (κ2) is 9.54. The van der Waals surface area contributed by atoms with Crippen molar-refractivity contribution >= 4 is 34.2 Å². The van der Waals surface area contributed by atoms with Gasteiger partial charge in [0.25, 0.3) is 5.56 Å². The molecule has 0 saturated carbocycles. The highest BCUT2D eigenvalue weighted by atomic mass is 35.5. The summed E-state index contributed by atoms with van der Waals surface area (Å²) in [5, 5.41) is 5.55. The molecule has 1 aliphatic heterocycles. The van der Waals surface area contributed by atoms with Gasteiger partial charge in [0, 0.05) is 49.9 Å². The molecule has 0 spiro atoms. The lowest BCUT2D eigenvalue weighted by Crippen LogP contribution is -2.49. The SMILES string of the molecule is Cc1ccc(-n2ncc3c(=O)n(CCC(=O)N4CCN(c5cccc(Cl)c5)CC4)c(C)nc32)cc1. The fourth-order valence-corrected chi connectivity index (χ4v) is 4.68.